The highest BCUT2D eigenvalue weighted by Crippen LogP contribution is 2.61. The fraction of sp³-hybridized carbons (Fsp3) is 0.156. The van der Waals surface area contributed by atoms with Crippen molar-refractivity contribution in [2.75, 3.05) is 0 Å². The van der Waals surface area contributed by atoms with Gasteiger partial charge in [-0.2, -0.15) is 10.1 Å². The number of ether oxygens (including phenoxy) is 1. The summed E-state index contributed by atoms with van der Waals surface area (Å²) in [4.78, 5) is 27.5. The highest BCUT2D eigenvalue weighted by Gasteiger charge is 2.61. The molecule has 4 aromatic carbocycles. The normalized spacial score (nSPS) is 22.2. The number of carbonyl (C=O) groups is 2. The summed E-state index contributed by atoms with van der Waals surface area (Å²) in [7, 11) is 0. The van der Waals surface area contributed by atoms with Crippen LogP contribution in [0.4, 0.5) is 0 Å². The molecule has 2 amide bonds. The van der Waals surface area contributed by atoms with Gasteiger partial charge in [-0.3, -0.25) is 9.59 Å². The van der Waals surface area contributed by atoms with Crippen LogP contribution < -0.4 is 4.74 Å². The number of hydrazone groups is 1. The van der Waals surface area contributed by atoms with E-state index in [1.54, 1.807) is 12.1 Å². The van der Waals surface area contributed by atoms with E-state index in [0.717, 1.165) is 32.8 Å². The van der Waals surface area contributed by atoms with Crippen molar-refractivity contribution in [2.24, 2.45) is 16.9 Å². The number of benzene rings is 4. The molecule has 9 heteroatoms. The third kappa shape index (κ3) is 4.36. The highest BCUT2D eigenvalue weighted by atomic mass is 79.9. The third-order valence-corrected chi connectivity index (χ3v) is 9.92. The largest absolute Gasteiger partial charge is 0.486 e. The average Bonchev–Trinajstić information content (AvgIpc) is 3.22. The first-order valence-electron chi connectivity index (χ1n) is 13.0. The summed E-state index contributed by atoms with van der Waals surface area (Å²) >= 11 is 19.4. The first-order chi connectivity index (χ1) is 19.8. The highest BCUT2D eigenvalue weighted by molar-refractivity contribution is 9.11. The van der Waals surface area contributed by atoms with E-state index < -0.39 is 11.8 Å². The number of amides is 2. The molecular weight excluding hydrogens is 691 g/mol. The van der Waals surface area contributed by atoms with Crippen LogP contribution in [0.2, 0.25) is 10.0 Å². The zero-order valence-electron chi connectivity index (χ0n) is 21.2. The molecule has 2 atom stereocenters. The Morgan fingerprint density at radius 3 is 1.78 bits per heavy atom. The maximum absolute atomic E-state index is 13.8. The standard InChI is InChI=1S/C32H20Br2Cl2N2O3/c33-23-11-16(12-24(34)30(23)41-15-17-9-10-18(35)13-25(17)36)14-37-38-31(39)28-26-19-5-1-2-6-20(19)27(29(28)32(38)40)22-8-4-3-7-21(22)26/h1-14,26-29H,15H2/b37-14-/t26?,27?,28-,29+. The molecule has 1 heterocycles. The number of nitrogens with zero attached hydrogens (tertiary/aromatic N) is 2. The van der Waals surface area contributed by atoms with Crippen molar-refractivity contribution in [3.05, 3.63) is 131 Å². The molecule has 0 saturated carbocycles. The predicted octanol–water partition coefficient (Wildman–Crippen LogP) is 8.32. The second-order valence-corrected chi connectivity index (χ2v) is 12.9. The molecule has 3 aliphatic carbocycles. The number of hydrogen-bond acceptors (Lipinski definition) is 4. The summed E-state index contributed by atoms with van der Waals surface area (Å²) in [6, 6.07) is 25.2. The van der Waals surface area contributed by atoms with Crippen LogP contribution in [0.1, 0.15) is 45.2 Å². The van der Waals surface area contributed by atoms with Crippen molar-refractivity contribution in [3.8, 4) is 5.75 Å². The Hall–Kier alpha value is -2.97. The summed E-state index contributed by atoms with van der Waals surface area (Å²) in [6.45, 7) is 0.243. The van der Waals surface area contributed by atoms with Crippen LogP contribution in [-0.4, -0.2) is 23.0 Å². The molecule has 0 N–H and O–H groups in total. The Bertz CT molecular complexity index is 1650. The van der Waals surface area contributed by atoms with Crippen LogP contribution in [-0.2, 0) is 16.2 Å². The van der Waals surface area contributed by atoms with Crippen molar-refractivity contribution in [3.63, 3.8) is 0 Å². The fourth-order valence-electron chi connectivity index (χ4n) is 6.48. The van der Waals surface area contributed by atoms with E-state index in [4.69, 9.17) is 27.9 Å². The van der Waals surface area contributed by atoms with E-state index in [1.807, 2.05) is 42.5 Å². The van der Waals surface area contributed by atoms with Gasteiger partial charge in [0.1, 0.15) is 12.4 Å². The summed E-state index contributed by atoms with van der Waals surface area (Å²) in [5.74, 6) is -1.20. The minimum atomic E-state index is -0.469. The Morgan fingerprint density at radius 2 is 1.29 bits per heavy atom. The first kappa shape index (κ1) is 26.9. The quantitative estimate of drug-likeness (QED) is 0.155. The van der Waals surface area contributed by atoms with Crippen molar-refractivity contribution in [1.82, 2.24) is 5.01 Å². The van der Waals surface area contributed by atoms with Crippen molar-refractivity contribution >= 4 is 73.1 Å². The molecule has 1 fully saturated rings. The van der Waals surface area contributed by atoms with E-state index in [0.29, 0.717) is 30.3 Å². The maximum Gasteiger partial charge on any atom is 0.254 e. The van der Waals surface area contributed by atoms with Gasteiger partial charge in [-0.25, -0.2) is 0 Å². The van der Waals surface area contributed by atoms with Crippen LogP contribution >= 0.6 is 55.1 Å². The first-order valence-corrected chi connectivity index (χ1v) is 15.3. The Kier molecular flexibility index (Phi) is 6.81. The molecule has 1 saturated heterocycles. The molecule has 8 rings (SSSR count). The summed E-state index contributed by atoms with van der Waals surface area (Å²) < 4.78 is 7.37. The minimum Gasteiger partial charge on any atom is -0.486 e. The van der Waals surface area contributed by atoms with E-state index in [1.165, 1.54) is 6.21 Å². The van der Waals surface area contributed by atoms with Gasteiger partial charge in [0, 0.05) is 27.4 Å². The Balaban J connectivity index is 1.15. The zero-order valence-corrected chi connectivity index (χ0v) is 25.9. The number of imide groups is 1. The van der Waals surface area contributed by atoms with Gasteiger partial charge < -0.3 is 4.74 Å². The van der Waals surface area contributed by atoms with Gasteiger partial charge in [0.2, 0.25) is 0 Å². The molecule has 2 bridgehead atoms. The van der Waals surface area contributed by atoms with Gasteiger partial charge in [0.25, 0.3) is 11.8 Å². The van der Waals surface area contributed by atoms with Crippen LogP contribution in [0.25, 0.3) is 0 Å². The summed E-state index contributed by atoms with van der Waals surface area (Å²) in [5.41, 5.74) is 6.01. The zero-order chi connectivity index (χ0) is 28.4. The Labute approximate surface area is 263 Å². The number of carbonyl (C=O) groups excluding carboxylic acids is 2. The molecule has 4 aliphatic rings. The lowest BCUT2D eigenvalue weighted by atomic mass is 9.55. The smallest absolute Gasteiger partial charge is 0.254 e. The maximum atomic E-state index is 13.8. The van der Waals surface area contributed by atoms with Crippen molar-refractivity contribution in [1.29, 1.82) is 0 Å². The van der Waals surface area contributed by atoms with Crippen LogP contribution in [0.5, 0.6) is 5.75 Å². The number of rotatable bonds is 5. The molecule has 1 aliphatic heterocycles. The number of hydrogen-bond donors (Lipinski definition) is 0. The van der Waals surface area contributed by atoms with Crippen LogP contribution in [0, 0.1) is 11.8 Å². The van der Waals surface area contributed by atoms with Crippen molar-refractivity contribution in [2.45, 2.75) is 18.4 Å². The lowest BCUT2D eigenvalue weighted by Crippen LogP contribution is -2.41. The summed E-state index contributed by atoms with van der Waals surface area (Å²) in [5, 5.41) is 6.57. The topological polar surface area (TPSA) is 59.0 Å². The third-order valence-electron chi connectivity index (χ3n) is 8.16. The van der Waals surface area contributed by atoms with Gasteiger partial charge in [-0.1, -0.05) is 77.8 Å². The van der Waals surface area contributed by atoms with E-state index in [9.17, 15) is 9.59 Å². The van der Waals surface area contributed by atoms with Gasteiger partial charge in [-0.15, -0.1) is 0 Å². The summed E-state index contributed by atoms with van der Waals surface area (Å²) in [6.07, 6.45) is 1.53. The molecule has 0 radical (unpaired) electrons. The second-order valence-electron chi connectivity index (χ2n) is 10.3. The number of halogens is 4. The molecular formula is C32H20Br2Cl2N2O3. The molecule has 5 nitrogen and oxygen atoms in total. The molecule has 0 unspecified atom stereocenters. The average molecular weight is 711 g/mol. The van der Waals surface area contributed by atoms with E-state index >= 15 is 0 Å². The van der Waals surface area contributed by atoms with E-state index in [2.05, 4.69) is 61.2 Å². The fourth-order valence-corrected chi connectivity index (χ4v) is 8.39. The van der Waals surface area contributed by atoms with Crippen LogP contribution in [0.15, 0.2) is 92.9 Å². The monoisotopic (exact) mass is 708 g/mol. The molecule has 0 aromatic heterocycles. The van der Waals surface area contributed by atoms with Gasteiger partial charge in [0.05, 0.1) is 27.0 Å². The van der Waals surface area contributed by atoms with Gasteiger partial charge in [0.15, 0.2) is 0 Å². The second kappa shape index (κ2) is 10.4. The van der Waals surface area contributed by atoms with Gasteiger partial charge in [-0.05, 0) is 83.9 Å². The van der Waals surface area contributed by atoms with E-state index in [-0.39, 0.29) is 30.3 Å². The van der Waals surface area contributed by atoms with Gasteiger partial charge >= 0.3 is 0 Å². The Morgan fingerprint density at radius 1 is 0.780 bits per heavy atom. The molecule has 41 heavy (non-hydrogen) atoms. The predicted molar refractivity (Wildman–Crippen MR) is 166 cm³/mol. The lowest BCUT2D eigenvalue weighted by molar-refractivity contribution is -0.139. The molecule has 4 aromatic rings. The minimum absolute atomic E-state index is 0.164. The SMILES string of the molecule is O=C1[C@@H]2C3c4ccccc4C(c4ccccc43)[C@@H]2C(=O)N1/N=C\c1cc(Br)c(OCc2ccc(Cl)cc2Cl)c(Br)c1. The van der Waals surface area contributed by atoms with Crippen molar-refractivity contribution < 1.29 is 14.3 Å². The lowest BCUT2D eigenvalue weighted by Gasteiger charge is -2.45. The molecule has 0 spiro atoms. The van der Waals surface area contributed by atoms with Crippen LogP contribution in [0.3, 0.4) is 0 Å². The molecule has 204 valence electrons.